The van der Waals surface area contributed by atoms with Crippen molar-refractivity contribution < 1.29 is 14.2 Å². The molecule has 2 aliphatic rings. The van der Waals surface area contributed by atoms with Crippen LogP contribution in [0.4, 0.5) is 5.95 Å². The number of benzene rings is 1. The molecule has 0 unspecified atom stereocenters. The summed E-state index contributed by atoms with van der Waals surface area (Å²) in [6.07, 6.45) is 9.59. The predicted octanol–water partition coefficient (Wildman–Crippen LogP) is 2.92. The highest BCUT2D eigenvalue weighted by atomic mass is 16.7. The summed E-state index contributed by atoms with van der Waals surface area (Å²) in [6.45, 7) is 2.01. The molecule has 1 saturated heterocycles. The Morgan fingerprint density at radius 3 is 2.86 bits per heavy atom. The maximum atomic E-state index is 5.58. The Morgan fingerprint density at radius 2 is 2.00 bits per heavy atom. The lowest BCUT2D eigenvalue weighted by Crippen LogP contribution is -2.37. The summed E-state index contributed by atoms with van der Waals surface area (Å²) < 4.78 is 18.8. The van der Waals surface area contributed by atoms with E-state index in [9.17, 15) is 0 Å². The minimum Gasteiger partial charge on any atom is -0.493 e. The van der Waals surface area contributed by atoms with Gasteiger partial charge in [-0.1, -0.05) is 0 Å². The Morgan fingerprint density at radius 1 is 1.11 bits per heavy atom. The smallest absolute Gasteiger partial charge is 0.231 e. The quantitative estimate of drug-likeness (QED) is 0.690. The van der Waals surface area contributed by atoms with Crippen molar-refractivity contribution in [2.45, 2.75) is 18.9 Å². The lowest BCUT2D eigenvalue weighted by Gasteiger charge is -2.34. The van der Waals surface area contributed by atoms with E-state index >= 15 is 0 Å². The summed E-state index contributed by atoms with van der Waals surface area (Å²) in [5.74, 6) is 3.65. The van der Waals surface area contributed by atoms with Crippen LogP contribution < -0.4 is 19.1 Å². The zero-order valence-electron chi connectivity index (χ0n) is 15.6. The third-order valence-corrected chi connectivity index (χ3v) is 5.21. The molecular formula is C20H21N5O3. The van der Waals surface area contributed by atoms with Crippen LogP contribution in [0, 0.1) is 0 Å². The first-order chi connectivity index (χ1) is 13.8. The van der Waals surface area contributed by atoms with Gasteiger partial charge in [0.15, 0.2) is 11.5 Å². The summed E-state index contributed by atoms with van der Waals surface area (Å²) in [5, 5.41) is 0. The Labute approximate surface area is 162 Å². The molecule has 8 nitrogen and oxygen atoms in total. The maximum absolute atomic E-state index is 5.58. The largest absolute Gasteiger partial charge is 0.493 e. The van der Waals surface area contributed by atoms with Crippen molar-refractivity contribution in [1.82, 2.24) is 19.5 Å². The van der Waals surface area contributed by atoms with Crippen molar-refractivity contribution in [3.63, 3.8) is 0 Å². The Kier molecular flexibility index (Phi) is 4.23. The van der Waals surface area contributed by atoms with Crippen molar-refractivity contribution in [2.75, 3.05) is 31.9 Å². The van der Waals surface area contributed by atoms with Gasteiger partial charge < -0.3 is 23.7 Å². The summed E-state index contributed by atoms with van der Waals surface area (Å²) in [4.78, 5) is 15.7. The van der Waals surface area contributed by atoms with Gasteiger partial charge in [-0.05, 0) is 31.0 Å². The third-order valence-electron chi connectivity index (χ3n) is 5.21. The summed E-state index contributed by atoms with van der Waals surface area (Å²) in [5.41, 5.74) is 0.944. The van der Waals surface area contributed by atoms with Gasteiger partial charge in [-0.2, -0.15) is 0 Å². The average molecular weight is 379 g/mol. The number of anilines is 1. The van der Waals surface area contributed by atoms with Crippen LogP contribution in [0.25, 0.3) is 11.4 Å². The monoisotopic (exact) mass is 379 g/mol. The number of nitrogens with zero attached hydrogens (tertiary/aromatic N) is 5. The van der Waals surface area contributed by atoms with Crippen LogP contribution in [-0.2, 0) is 0 Å². The molecule has 4 heterocycles. The van der Waals surface area contributed by atoms with Crippen LogP contribution in [0.2, 0.25) is 0 Å². The second-order valence-corrected chi connectivity index (χ2v) is 6.86. The zero-order valence-corrected chi connectivity index (χ0v) is 15.6. The van der Waals surface area contributed by atoms with Crippen molar-refractivity contribution in [1.29, 1.82) is 0 Å². The molecule has 1 atom stereocenters. The van der Waals surface area contributed by atoms with Gasteiger partial charge in [-0.3, -0.25) is 0 Å². The molecule has 0 spiro atoms. The van der Waals surface area contributed by atoms with E-state index in [4.69, 9.17) is 14.2 Å². The van der Waals surface area contributed by atoms with Crippen molar-refractivity contribution >= 4 is 5.95 Å². The maximum Gasteiger partial charge on any atom is 0.231 e. The van der Waals surface area contributed by atoms with Crippen LogP contribution in [0.15, 0.2) is 43.0 Å². The minimum atomic E-state index is 0.207. The lowest BCUT2D eigenvalue weighted by molar-refractivity contribution is 0.171. The van der Waals surface area contributed by atoms with Gasteiger partial charge in [0.05, 0.1) is 13.2 Å². The van der Waals surface area contributed by atoms with E-state index in [0.29, 0.717) is 17.2 Å². The van der Waals surface area contributed by atoms with Crippen molar-refractivity contribution in [3.8, 4) is 28.6 Å². The van der Waals surface area contributed by atoms with Gasteiger partial charge in [-0.25, -0.2) is 15.0 Å². The topological polar surface area (TPSA) is 74.5 Å². The molecule has 8 heteroatoms. The fourth-order valence-electron chi connectivity index (χ4n) is 3.91. The fourth-order valence-corrected chi connectivity index (χ4v) is 3.91. The van der Waals surface area contributed by atoms with Crippen LogP contribution in [0.5, 0.6) is 17.2 Å². The van der Waals surface area contributed by atoms with Crippen molar-refractivity contribution in [2.24, 2.45) is 0 Å². The number of aromatic nitrogens is 4. The standard InChI is InChI=1S/C20H21N5O3/c1-26-16-10-14(11-17-18(16)28-13-27-17)19-21-7-9-25(19)15-4-2-8-24(12-15)20-22-5-3-6-23-20/h3,5-7,9-11,15H,2,4,8,12-13H2,1H3/t15-/m0/s1. The average Bonchev–Trinajstić information content (AvgIpc) is 3.43. The van der Waals surface area contributed by atoms with E-state index in [0.717, 1.165) is 43.3 Å². The molecule has 2 aromatic heterocycles. The first-order valence-electron chi connectivity index (χ1n) is 9.36. The minimum absolute atomic E-state index is 0.207. The first-order valence-corrected chi connectivity index (χ1v) is 9.36. The van der Waals surface area contributed by atoms with Crippen LogP contribution in [0.3, 0.4) is 0 Å². The van der Waals surface area contributed by atoms with Gasteiger partial charge >= 0.3 is 0 Å². The molecule has 3 aromatic rings. The number of piperidine rings is 1. The third kappa shape index (κ3) is 2.90. The van der Waals surface area contributed by atoms with E-state index in [2.05, 4.69) is 24.4 Å². The highest BCUT2D eigenvalue weighted by Crippen LogP contribution is 2.44. The summed E-state index contributed by atoms with van der Waals surface area (Å²) in [6, 6.07) is 6.04. The molecule has 1 fully saturated rings. The first kappa shape index (κ1) is 16.9. The number of hydrogen-bond donors (Lipinski definition) is 0. The number of fused-ring (bicyclic) bond motifs is 1. The molecule has 2 aliphatic heterocycles. The highest BCUT2D eigenvalue weighted by molar-refractivity contribution is 5.67. The SMILES string of the molecule is COc1cc(-c2nccn2[C@H]2CCCN(c3ncccn3)C2)cc2c1OCO2. The van der Waals surface area contributed by atoms with Crippen molar-refractivity contribution in [3.05, 3.63) is 43.0 Å². The highest BCUT2D eigenvalue weighted by Gasteiger charge is 2.26. The molecule has 1 aromatic carbocycles. The molecule has 0 bridgehead atoms. The van der Waals surface area contributed by atoms with Crippen LogP contribution >= 0.6 is 0 Å². The molecule has 0 radical (unpaired) electrons. The van der Waals surface area contributed by atoms with Gasteiger partial charge in [0.25, 0.3) is 0 Å². The van der Waals surface area contributed by atoms with E-state index < -0.39 is 0 Å². The van der Waals surface area contributed by atoms with Gasteiger partial charge in [0, 0.05) is 43.4 Å². The van der Waals surface area contributed by atoms with E-state index in [1.807, 2.05) is 30.6 Å². The van der Waals surface area contributed by atoms with Crippen LogP contribution in [0.1, 0.15) is 18.9 Å². The molecular weight excluding hydrogens is 358 g/mol. The summed E-state index contributed by atoms with van der Waals surface area (Å²) in [7, 11) is 1.63. The lowest BCUT2D eigenvalue weighted by atomic mass is 10.0. The van der Waals surface area contributed by atoms with Crippen LogP contribution in [-0.4, -0.2) is 46.5 Å². The number of imidazole rings is 1. The Hall–Kier alpha value is -3.29. The summed E-state index contributed by atoms with van der Waals surface area (Å²) >= 11 is 0. The molecule has 0 amide bonds. The number of ether oxygens (including phenoxy) is 3. The fraction of sp³-hybridized carbons (Fsp3) is 0.350. The number of hydrogen-bond acceptors (Lipinski definition) is 7. The van der Waals surface area contributed by atoms with E-state index in [-0.39, 0.29) is 12.8 Å². The Balaban J connectivity index is 1.47. The molecule has 5 rings (SSSR count). The second-order valence-electron chi connectivity index (χ2n) is 6.86. The van der Waals surface area contributed by atoms with Gasteiger partial charge in [-0.15, -0.1) is 0 Å². The van der Waals surface area contributed by atoms with E-state index in [1.54, 1.807) is 19.5 Å². The van der Waals surface area contributed by atoms with E-state index in [1.165, 1.54) is 0 Å². The Bertz CT molecular complexity index is 975. The van der Waals surface area contributed by atoms with Gasteiger partial charge in [0.2, 0.25) is 18.5 Å². The molecule has 0 N–H and O–H groups in total. The number of rotatable bonds is 4. The zero-order chi connectivity index (χ0) is 18.9. The van der Waals surface area contributed by atoms with Gasteiger partial charge in [0.1, 0.15) is 5.82 Å². The molecule has 144 valence electrons. The second kappa shape index (κ2) is 7.03. The molecule has 0 saturated carbocycles. The predicted molar refractivity (Wildman–Crippen MR) is 103 cm³/mol. The number of methoxy groups -OCH3 is 1. The molecule has 28 heavy (non-hydrogen) atoms. The normalized spacial score (nSPS) is 18.3. The molecule has 0 aliphatic carbocycles.